The zero-order chi connectivity index (χ0) is 37.4. The number of carbonyl (C=O) groups is 4. The Balaban J connectivity index is 1.16. The molecule has 1 heterocycles. The molecule has 54 heavy (non-hydrogen) atoms. The molecule has 1 unspecified atom stereocenters. The van der Waals surface area contributed by atoms with Gasteiger partial charge in [-0.15, -0.1) is 23.1 Å². The summed E-state index contributed by atoms with van der Waals surface area (Å²) in [7, 11) is 1.36. The van der Waals surface area contributed by atoms with E-state index in [1.165, 1.54) is 30.2 Å². The number of ether oxygens (including phenoxy) is 1. The van der Waals surface area contributed by atoms with Crippen molar-refractivity contribution in [2.45, 2.75) is 35.8 Å². The molecule has 0 saturated heterocycles. The van der Waals surface area contributed by atoms with Gasteiger partial charge in [0.2, 0.25) is 5.91 Å². The van der Waals surface area contributed by atoms with Crippen LogP contribution in [0.25, 0.3) is 16.8 Å². The lowest BCUT2D eigenvalue weighted by Gasteiger charge is -2.18. The van der Waals surface area contributed by atoms with Gasteiger partial charge < -0.3 is 20.7 Å². The summed E-state index contributed by atoms with van der Waals surface area (Å²) in [6.07, 6.45) is 5.34. The van der Waals surface area contributed by atoms with E-state index in [1.54, 1.807) is 48.5 Å². The van der Waals surface area contributed by atoms with Crippen molar-refractivity contribution in [2.24, 2.45) is 0 Å². The number of hydrogen-bond acceptors (Lipinski definition) is 7. The summed E-state index contributed by atoms with van der Waals surface area (Å²) in [4.78, 5) is 56.2. The second-order valence-electron chi connectivity index (χ2n) is 12.7. The van der Waals surface area contributed by atoms with Crippen LogP contribution in [0.5, 0.6) is 0 Å². The van der Waals surface area contributed by atoms with Gasteiger partial charge in [0.15, 0.2) is 0 Å². The maximum atomic E-state index is 14.1. The fourth-order valence-electron chi connectivity index (χ4n) is 6.51. The molecule has 1 aliphatic carbocycles. The highest BCUT2D eigenvalue weighted by molar-refractivity contribution is 8.00. The number of thiophene rings is 1. The van der Waals surface area contributed by atoms with Gasteiger partial charge in [-0.25, -0.2) is 4.79 Å². The molecule has 0 radical (unpaired) electrons. The first kappa shape index (κ1) is 36.4. The van der Waals surface area contributed by atoms with Crippen LogP contribution in [0.1, 0.15) is 60.4 Å². The Kier molecular flexibility index (Phi) is 11.3. The van der Waals surface area contributed by atoms with E-state index in [-0.39, 0.29) is 11.6 Å². The molecule has 3 amide bonds. The van der Waals surface area contributed by atoms with Crippen LogP contribution in [0.15, 0.2) is 138 Å². The Hall–Kier alpha value is -5.97. The van der Waals surface area contributed by atoms with Crippen LogP contribution in [-0.2, 0) is 27.2 Å². The molecule has 10 heteroatoms. The number of esters is 1. The van der Waals surface area contributed by atoms with Crippen LogP contribution in [-0.4, -0.2) is 30.8 Å². The van der Waals surface area contributed by atoms with Crippen molar-refractivity contribution in [1.29, 1.82) is 0 Å². The summed E-state index contributed by atoms with van der Waals surface area (Å²) in [6, 6.07) is 39.0. The minimum atomic E-state index is -0.686. The van der Waals surface area contributed by atoms with E-state index in [2.05, 4.69) is 16.0 Å². The third-order valence-electron chi connectivity index (χ3n) is 9.14. The van der Waals surface area contributed by atoms with Gasteiger partial charge in [-0.05, 0) is 89.6 Å². The highest BCUT2D eigenvalue weighted by Gasteiger charge is 2.30. The molecule has 0 bridgehead atoms. The number of carbonyl (C=O) groups excluding carboxylic acids is 4. The van der Waals surface area contributed by atoms with Crippen molar-refractivity contribution < 1.29 is 23.9 Å². The van der Waals surface area contributed by atoms with Crippen LogP contribution >= 0.6 is 23.1 Å². The van der Waals surface area contributed by atoms with Gasteiger partial charge in [0.05, 0.1) is 12.7 Å². The van der Waals surface area contributed by atoms with E-state index in [1.807, 2.05) is 84.9 Å². The SMILES string of the molecule is COC(=O)c1c(NC(=O)C(Sc2cccc(NC(=O)/C(=C\c3cccc4ccccc34)NC(=O)c3ccccc3)c2)c2ccccc2)sc2c1CCCC2. The monoisotopic (exact) mass is 751 g/mol. The first-order valence-corrected chi connectivity index (χ1v) is 19.3. The van der Waals surface area contributed by atoms with Gasteiger partial charge in [-0.3, -0.25) is 14.4 Å². The second-order valence-corrected chi connectivity index (χ2v) is 15.0. The average Bonchev–Trinajstić information content (AvgIpc) is 3.58. The molecular weight excluding hydrogens is 715 g/mol. The minimum Gasteiger partial charge on any atom is -0.465 e. The summed E-state index contributed by atoms with van der Waals surface area (Å²) >= 11 is 2.77. The third kappa shape index (κ3) is 8.30. The lowest BCUT2D eigenvalue weighted by molar-refractivity contribution is -0.116. The largest absolute Gasteiger partial charge is 0.465 e. The predicted molar refractivity (Wildman–Crippen MR) is 217 cm³/mol. The van der Waals surface area contributed by atoms with Gasteiger partial charge in [0.25, 0.3) is 11.8 Å². The number of thioether (sulfide) groups is 1. The van der Waals surface area contributed by atoms with Gasteiger partial charge in [-0.2, -0.15) is 0 Å². The standard InChI is InChI=1S/C44H37N3O5S2/c1-52-44(51)38-35-24-10-11-25-37(35)54-43(38)47-42(50)39(29-15-4-2-5-16-29)53-33-22-13-21-32(27-33)45-41(49)36(46-40(48)30-17-6-3-7-18-30)26-31-20-12-19-28-14-8-9-23-34(28)31/h2-9,12-23,26-27,39H,10-11,24-25H2,1H3,(H,45,49)(H,46,48)(H,47,50)/b36-26+. The second kappa shape index (κ2) is 16.8. The number of nitrogens with one attached hydrogen (secondary N) is 3. The van der Waals surface area contributed by atoms with Gasteiger partial charge in [0.1, 0.15) is 15.9 Å². The van der Waals surface area contributed by atoms with Crippen LogP contribution in [0, 0.1) is 0 Å². The summed E-state index contributed by atoms with van der Waals surface area (Å²) in [5.74, 6) is -1.66. The molecular formula is C44H37N3O5S2. The van der Waals surface area contributed by atoms with E-state index in [0.717, 1.165) is 62.9 Å². The summed E-state index contributed by atoms with van der Waals surface area (Å²) in [5.41, 5.74) is 3.93. The first-order chi connectivity index (χ1) is 26.4. The number of methoxy groups -OCH3 is 1. The Morgan fingerprint density at radius 2 is 1.48 bits per heavy atom. The third-order valence-corrected chi connectivity index (χ3v) is 11.6. The van der Waals surface area contributed by atoms with Crippen molar-refractivity contribution >= 4 is 74.3 Å². The number of amides is 3. The molecule has 0 fully saturated rings. The number of fused-ring (bicyclic) bond motifs is 2. The molecule has 6 aromatic rings. The lowest BCUT2D eigenvalue weighted by Crippen LogP contribution is -2.30. The van der Waals surface area contributed by atoms with E-state index >= 15 is 0 Å². The smallest absolute Gasteiger partial charge is 0.341 e. The maximum absolute atomic E-state index is 14.1. The Morgan fingerprint density at radius 3 is 2.28 bits per heavy atom. The highest BCUT2D eigenvalue weighted by atomic mass is 32.2. The van der Waals surface area contributed by atoms with Crippen molar-refractivity contribution in [1.82, 2.24) is 5.32 Å². The predicted octanol–water partition coefficient (Wildman–Crippen LogP) is 9.45. The molecule has 3 N–H and O–H groups in total. The van der Waals surface area contributed by atoms with Gasteiger partial charge in [0, 0.05) is 21.0 Å². The Morgan fingerprint density at radius 1 is 0.778 bits per heavy atom. The molecule has 0 aliphatic heterocycles. The normalized spacial score (nSPS) is 13.0. The van der Waals surface area contributed by atoms with Crippen LogP contribution < -0.4 is 16.0 Å². The van der Waals surface area contributed by atoms with Gasteiger partial charge in [-0.1, -0.05) is 97.1 Å². The fourth-order valence-corrected chi connectivity index (χ4v) is 8.87. The lowest BCUT2D eigenvalue weighted by atomic mass is 9.95. The Bertz CT molecular complexity index is 2370. The number of aryl methyl sites for hydroxylation is 1. The molecule has 0 spiro atoms. The highest BCUT2D eigenvalue weighted by Crippen LogP contribution is 2.41. The van der Waals surface area contributed by atoms with Gasteiger partial charge >= 0.3 is 5.97 Å². The Labute approximate surface area is 321 Å². The van der Waals surface area contributed by atoms with Crippen LogP contribution in [0.3, 0.4) is 0 Å². The quantitative estimate of drug-likeness (QED) is 0.0691. The van der Waals surface area contributed by atoms with Crippen molar-refractivity contribution in [3.05, 3.63) is 166 Å². The molecule has 1 aromatic heterocycles. The van der Waals surface area contributed by atoms with Crippen LogP contribution in [0.2, 0.25) is 0 Å². The van der Waals surface area contributed by atoms with E-state index in [4.69, 9.17) is 4.74 Å². The molecule has 0 saturated carbocycles. The number of hydrogen-bond donors (Lipinski definition) is 3. The zero-order valence-corrected chi connectivity index (χ0v) is 31.1. The molecule has 1 atom stereocenters. The number of rotatable bonds is 11. The van der Waals surface area contributed by atoms with Crippen molar-refractivity contribution in [3.8, 4) is 0 Å². The molecule has 270 valence electrons. The van der Waals surface area contributed by atoms with E-state index in [9.17, 15) is 19.2 Å². The zero-order valence-electron chi connectivity index (χ0n) is 29.5. The topological polar surface area (TPSA) is 114 Å². The fraction of sp³-hybridized carbons (Fsp3) is 0.136. The maximum Gasteiger partial charge on any atom is 0.341 e. The van der Waals surface area contributed by atoms with Crippen LogP contribution in [0.4, 0.5) is 10.7 Å². The molecule has 8 nitrogen and oxygen atoms in total. The minimum absolute atomic E-state index is 0.0693. The number of anilines is 2. The van der Waals surface area contributed by atoms with E-state index in [0.29, 0.717) is 21.8 Å². The first-order valence-electron chi connectivity index (χ1n) is 17.6. The summed E-state index contributed by atoms with van der Waals surface area (Å²) in [6.45, 7) is 0. The van der Waals surface area contributed by atoms with E-state index < -0.39 is 23.0 Å². The molecule has 5 aromatic carbocycles. The molecule has 7 rings (SSSR count). The molecule has 1 aliphatic rings. The summed E-state index contributed by atoms with van der Waals surface area (Å²) < 4.78 is 5.13. The van der Waals surface area contributed by atoms with Crippen molar-refractivity contribution in [2.75, 3.05) is 17.7 Å². The number of benzene rings is 5. The average molecular weight is 752 g/mol. The van der Waals surface area contributed by atoms with Crippen molar-refractivity contribution in [3.63, 3.8) is 0 Å². The summed E-state index contributed by atoms with van der Waals surface area (Å²) in [5, 5.41) is 10.6.